The highest BCUT2D eigenvalue weighted by Crippen LogP contribution is 2.17. The van der Waals surface area contributed by atoms with Crippen LogP contribution in [0, 0.1) is 18.6 Å². The molecule has 0 aliphatic rings. The summed E-state index contributed by atoms with van der Waals surface area (Å²) in [6.07, 6.45) is 0. The molecule has 1 unspecified atom stereocenters. The maximum atomic E-state index is 13.6. The van der Waals surface area contributed by atoms with Crippen molar-refractivity contribution in [2.75, 3.05) is 0 Å². The minimum atomic E-state index is -0.716. The lowest BCUT2D eigenvalue weighted by atomic mass is 10.1. The van der Waals surface area contributed by atoms with E-state index in [9.17, 15) is 18.4 Å². The number of nitrogens with zero attached hydrogens (tertiary/aromatic N) is 1. The van der Waals surface area contributed by atoms with Crippen LogP contribution in [0.4, 0.5) is 8.78 Å². The van der Waals surface area contributed by atoms with Gasteiger partial charge in [0.05, 0.1) is 6.04 Å². The van der Waals surface area contributed by atoms with Gasteiger partial charge in [0.1, 0.15) is 18.2 Å². The van der Waals surface area contributed by atoms with Gasteiger partial charge in [-0.3, -0.25) is 14.2 Å². The number of carbonyl (C=O) groups is 1. The lowest BCUT2D eigenvalue weighted by Gasteiger charge is -2.15. The summed E-state index contributed by atoms with van der Waals surface area (Å²) in [4.78, 5) is 23.2. The Balaban J connectivity index is 2.07. The van der Waals surface area contributed by atoms with Gasteiger partial charge < -0.3 is 5.32 Å². The summed E-state index contributed by atoms with van der Waals surface area (Å²) in [7, 11) is 0. The molecule has 0 saturated heterocycles. The average molecular weight is 312 g/mol. The molecule has 1 heterocycles. The van der Waals surface area contributed by atoms with Crippen LogP contribution in [0.2, 0.25) is 0 Å². The third-order valence-electron chi connectivity index (χ3n) is 3.08. The third kappa shape index (κ3) is 3.55. The summed E-state index contributed by atoms with van der Waals surface area (Å²) in [5.74, 6) is -1.79. The summed E-state index contributed by atoms with van der Waals surface area (Å²) < 4.78 is 27.8. The zero-order chi connectivity index (χ0) is 15.6. The Kier molecular flexibility index (Phi) is 4.52. The second kappa shape index (κ2) is 6.17. The topological polar surface area (TPSA) is 51.1 Å². The summed E-state index contributed by atoms with van der Waals surface area (Å²) in [6.45, 7) is 3.20. The molecule has 0 saturated carbocycles. The molecule has 0 spiro atoms. The highest BCUT2D eigenvalue weighted by Gasteiger charge is 2.15. The van der Waals surface area contributed by atoms with Crippen molar-refractivity contribution in [3.05, 3.63) is 56.1 Å². The number of aryl methyl sites for hydroxylation is 1. The van der Waals surface area contributed by atoms with E-state index in [2.05, 4.69) is 5.32 Å². The van der Waals surface area contributed by atoms with Gasteiger partial charge >= 0.3 is 4.87 Å². The van der Waals surface area contributed by atoms with E-state index in [1.54, 1.807) is 19.2 Å². The molecule has 1 amide bonds. The number of nitrogens with one attached hydrogen (secondary N) is 1. The van der Waals surface area contributed by atoms with Crippen molar-refractivity contribution in [2.45, 2.75) is 26.4 Å². The molecule has 1 aromatic carbocycles. The molecule has 0 radical (unpaired) electrons. The highest BCUT2D eigenvalue weighted by atomic mass is 32.1. The van der Waals surface area contributed by atoms with E-state index in [-0.39, 0.29) is 17.0 Å². The van der Waals surface area contributed by atoms with Gasteiger partial charge in [-0.2, -0.15) is 0 Å². The second-order valence-electron chi connectivity index (χ2n) is 4.68. The van der Waals surface area contributed by atoms with Crippen molar-refractivity contribution in [3.63, 3.8) is 0 Å². The van der Waals surface area contributed by atoms with Crippen LogP contribution >= 0.6 is 11.3 Å². The lowest BCUT2D eigenvalue weighted by Crippen LogP contribution is -2.33. The van der Waals surface area contributed by atoms with Crippen LogP contribution in [-0.4, -0.2) is 10.5 Å². The number of halogens is 2. The Labute approximate surface area is 124 Å². The summed E-state index contributed by atoms with van der Waals surface area (Å²) in [5, 5.41) is 4.26. The molecule has 1 N–H and O–H groups in total. The number of hydrogen-bond donors (Lipinski definition) is 1. The van der Waals surface area contributed by atoms with Gasteiger partial charge in [-0.25, -0.2) is 8.78 Å². The molecule has 0 bridgehead atoms. The molecule has 112 valence electrons. The Morgan fingerprint density at radius 2 is 2.14 bits per heavy atom. The van der Waals surface area contributed by atoms with Crippen LogP contribution in [0.1, 0.15) is 24.2 Å². The molecule has 1 aromatic heterocycles. The van der Waals surface area contributed by atoms with Crippen molar-refractivity contribution in [2.24, 2.45) is 0 Å². The van der Waals surface area contributed by atoms with Crippen LogP contribution < -0.4 is 10.2 Å². The molecule has 2 aromatic rings. The van der Waals surface area contributed by atoms with Crippen molar-refractivity contribution < 1.29 is 13.6 Å². The first kappa shape index (κ1) is 15.4. The first-order chi connectivity index (χ1) is 9.88. The maximum absolute atomic E-state index is 13.6. The fourth-order valence-electron chi connectivity index (χ4n) is 1.96. The average Bonchev–Trinajstić information content (AvgIpc) is 2.70. The molecule has 0 aliphatic carbocycles. The van der Waals surface area contributed by atoms with Gasteiger partial charge in [-0.05, 0) is 19.9 Å². The van der Waals surface area contributed by atoms with E-state index in [1.807, 2.05) is 0 Å². The number of benzene rings is 1. The van der Waals surface area contributed by atoms with E-state index in [1.165, 1.54) is 10.6 Å². The fourth-order valence-corrected chi connectivity index (χ4v) is 2.69. The predicted molar refractivity (Wildman–Crippen MR) is 76.2 cm³/mol. The predicted octanol–water partition coefficient (Wildman–Crippen LogP) is 2.37. The van der Waals surface area contributed by atoms with E-state index in [4.69, 9.17) is 0 Å². The third-order valence-corrected chi connectivity index (χ3v) is 3.97. The number of rotatable bonds is 4. The zero-order valence-corrected chi connectivity index (χ0v) is 12.3. The number of hydrogen-bond acceptors (Lipinski definition) is 3. The van der Waals surface area contributed by atoms with Crippen LogP contribution in [0.5, 0.6) is 0 Å². The second-order valence-corrected chi connectivity index (χ2v) is 5.50. The SMILES string of the molecule is Cc1csc(=O)n1CC(=O)NC(C)c1ccc(F)cc1F. The Bertz CT molecular complexity index is 724. The minimum Gasteiger partial charge on any atom is -0.348 e. The van der Waals surface area contributed by atoms with E-state index >= 15 is 0 Å². The van der Waals surface area contributed by atoms with Gasteiger partial charge in [0.15, 0.2) is 0 Å². The van der Waals surface area contributed by atoms with E-state index < -0.39 is 23.6 Å². The van der Waals surface area contributed by atoms with Gasteiger partial charge in [-0.1, -0.05) is 17.4 Å². The normalized spacial score (nSPS) is 12.2. The van der Waals surface area contributed by atoms with Crippen molar-refractivity contribution in [1.82, 2.24) is 9.88 Å². The molecule has 4 nitrogen and oxygen atoms in total. The molecule has 21 heavy (non-hydrogen) atoms. The standard InChI is InChI=1S/C14H14F2N2O2S/c1-8-7-21-14(20)18(8)6-13(19)17-9(2)11-4-3-10(15)5-12(11)16/h3-5,7,9H,6H2,1-2H3,(H,17,19). The zero-order valence-electron chi connectivity index (χ0n) is 11.5. The van der Waals surface area contributed by atoms with Gasteiger partial charge in [0.2, 0.25) is 5.91 Å². The van der Waals surface area contributed by atoms with Crippen LogP contribution in [-0.2, 0) is 11.3 Å². The highest BCUT2D eigenvalue weighted by molar-refractivity contribution is 7.07. The first-order valence-corrected chi connectivity index (χ1v) is 7.15. The Morgan fingerprint density at radius 3 is 2.71 bits per heavy atom. The molecule has 0 aliphatic heterocycles. The molecule has 1 atom stereocenters. The quantitative estimate of drug-likeness (QED) is 0.942. The lowest BCUT2D eigenvalue weighted by molar-refractivity contribution is -0.122. The smallest absolute Gasteiger partial charge is 0.307 e. The molecule has 7 heteroatoms. The van der Waals surface area contributed by atoms with Crippen LogP contribution in [0.25, 0.3) is 0 Å². The van der Waals surface area contributed by atoms with Crippen LogP contribution in [0.15, 0.2) is 28.4 Å². The Hall–Kier alpha value is -2.02. The maximum Gasteiger partial charge on any atom is 0.307 e. The largest absolute Gasteiger partial charge is 0.348 e. The van der Waals surface area contributed by atoms with Crippen molar-refractivity contribution in [3.8, 4) is 0 Å². The van der Waals surface area contributed by atoms with E-state index in [0.717, 1.165) is 23.5 Å². The van der Waals surface area contributed by atoms with Crippen molar-refractivity contribution in [1.29, 1.82) is 0 Å². The number of carbonyl (C=O) groups excluding carboxylic acids is 1. The first-order valence-electron chi connectivity index (χ1n) is 6.27. The number of thiazole rings is 1. The van der Waals surface area contributed by atoms with Gasteiger partial charge in [0.25, 0.3) is 0 Å². The van der Waals surface area contributed by atoms with Crippen molar-refractivity contribution >= 4 is 17.2 Å². The van der Waals surface area contributed by atoms with Gasteiger partial charge in [0, 0.05) is 22.7 Å². The summed E-state index contributed by atoms with van der Waals surface area (Å²) in [5.41, 5.74) is 0.889. The Morgan fingerprint density at radius 1 is 1.43 bits per heavy atom. The molecular weight excluding hydrogens is 298 g/mol. The van der Waals surface area contributed by atoms with Crippen LogP contribution in [0.3, 0.4) is 0 Å². The number of aromatic nitrogens is 1. The molecule has 0 fully saturated rings. The van der Waals surface area contributed by atoms with E-state index in [0.29, 0.717) is 5.69 Å². The number of amides is 1. The summed E-state index contributed by atoms with van der Waals surface area (Å²) >= 11 is 1.02. The molecule has 2 rings (SSSR count). The fraction of sp³-hybridized carbons (Fsp3) is 0.286. The summed E-state index contributed by atoms with van der Waals surface area (Å²) in [6, 6.07) is 2.57. The molecular formula is C14H14F2N2O2S. The monoisotopic (exact) mass is 312 g/mol. The minimum absolute atomic E-state index is 0.124. The van der Waals surface area contributed by atoms with Gasteiger partial charge in [-0.15, -0.1) is 0 Å².